The maximum Gasteiger partial charge on any atom is 0.245 e. The third-order valence-electron chi connectivity index (χ3n) is 0.790. The van der Waals surface area contributed by atoms with Gasteiger partial charge >= 0.3 is 0 Å². The molecule has 0 aliphatic heterocycles. The number of nitrogens with zero attached hydrogens (tertiary/aromatic N) is 1. The third-order valence-corrected chi connectivity index (χ3v) is 1.30. The first-order valence-electron chi connectivity index (χ1n) is 2.62. The molecule has 0 saturated carbocycles. The number of likely N-dealkylation sites (N-methyl/N-ethyl adjacent to an activating group) is 1. The summed E-state index contributed by atoms with van der Waals surface area (Å²) in [5.41, 5.74) is 0. The van der Waals surface area contributed by atoms with E-state index < -0.39 is 0 Å². The number of carbonyl (C=O) groups excluding carboxylic acids is 1. The van der Waals surface area contributed by atoms with Crippen LogP contribution in [0.5, 0.6) is 0 Å². The fourth-order valence-corrected chi connectivity index (χ4v) is 0.549. The van der Waals surface area contributed by atoms with Gasteiger partial charge in [-0.1, -0.05) is 28.7 Å². The van der Waals surface area contributed by atoms with Crippen LogP contribution in [0.2, 0.25) is 0 Å². The summed E-state index contributed by atoms with van der Waals surface area (Å²) in [5, 5.41) is 0. The van der Waals surface area contributed by atoms with E-state index in [-0.39, 0.29) is 5.91 Å². The zero-order valence-corrected chi connectivity index (χ0v) is 7.75. The van der Waals surface area contributed by atoms with Crippen LogP contribution < -0.4 is 0 Å². The summed E-state index contributed by atoms with van der Waals surface area (Å²) in [7, 11) is 3.47. The first kappa shape index (κ1) is 8.94. The van der Waals surface area contributed by atoms with Crippen molar-refractivity contribution in [3.05, 3.63) is 12.2 Å². The molecule has 0 rings (SSSR count). The summed E-state index contributed by atoms with van der Waals surface area (Å²) in [6, 6.07) is 0. The monoisotopic (exact) mass is 239 g/mol. The van der Waals surface area contributed by atoms with Gasteiger partial charge in [-0.3, -0.25) is 4.79 Å². The predicted molar refractivity (Wildman–Crippen MR) is 46.7 cm³/mol. The standard InChI is InChI=1S/C6H10INO/c1-8(2)6(9)4-3-5-7/h3-4H,5H2,1-2H3/b4-3+. The van der Waals surface area contributed by atoms with E-state index in [9.17, 15) is 4.79 Å². The maximum atomic E-state index is 10.7. The Morgan fingerprint density at radius 2 is 2.22 bits per heavy atom. The number of allylic oxidation sites excluding steroid dienone is 1. The van der Waals surface area contributed by atoms with Gasteiger partial charge in [-0.25, -0.2) is 0 Å². The first-order chi connectivity index (χ1) is 4.18. The van der Waals surface area contributed by atoms with Crippen molar-refractivity contribution in [1.82, 2.24) is 4.90 Å². The number of hydrogen-bond donors (Lipinski definition) is 0. The average Bonchev–Trinajstić information content (AvgIpc) is 1.82. The number of hydrogen-bond acceptors (Lipinski definition) is 1. The van der Waals surface area contributed by atoms with Crippen LogP contribution in [0.4, 0.5) is 0 Å². The van der Waals surface area contributed by atoms with E-state index >= 15 is 0 Å². The van der Waals surface area contributed by atoms with Crippen molar-refractivity contribution in [2.75, 3.05) is 18.5 Å². The number of rotatable bonds is 2. The third kappa shape index (κ3) is 4.44. The summed E-state index contributed by atoms with van der Waals surface area (Å²) in [6.07, 6.45) is 3.41. The second kappa shape index (κ2) is 4.78. The molecule has 1 amide bonds. The Morgan fingerprint density at radius 3 is 2.56 bits per heavy atom. The number of carbonyl (C=O) groups is 1. The zero-order valence-electron chi connectivity index (χ0n) is 5.60. The molecule has 0 aromatic carbocycles. The summed E-state index contributed by atoms with van der Waals surface area (Å²) < 4.78 is 0.886. The Hall–Kier alpha value is -0.0600. The minimum absolute atomic E-state index is 0.0478. The molecule has 3 heteroatoms. The van der Waals surface area contributed by atoms with Crippen LogP contribution in [0.3, 0.4) is 0 Å². The van der Waals surface area contributed by atoms with Crippen LogP contribution in [-0.4, -0.2) is 29.3 Å². The molecule has 0 unspecified atom stereocenters. The smallest absolute Gasteiger partial charge is 0.245 e. The number of alkyl halides is 1. The van der Waals surface area contributed by atoms with Gasteiger partial charge in [0.2, 0.25) is 5.91 Å². The van der Waals surface area contributed by atoms with Crippen molar-refractivity contribution in [1.29, 1.82) is 0 Å². The summed E-state index contributed by atoms with van der Waals surface area (Å²) >= 11 is 2.19. The molecule has 0 fully saturated rings. The van der Waals surface area contributed by atoms with E-state index in [4.69, 9.17) is 0 Å². The molecule has 0 saturated heterocycles. The van der Waals surface area contributed by atoms with E-state index in [2.05, 4.69) is 22.6 Å². The molecule has 0 aliphatic rings. The Morgan fingerprint density at radius 1 is 1.67 bits per heavy atom. The molecule has 0 N–H and O–H groups in total. The molecule has 0 aromatic rings. The molecule has 0 radical (unpaired) electrons. The van der Waals surface area contributed by atoms with Crippen molar-refractivity contribution in [2.45, 2.75) is 0 Å². The Kier molecular flexibility index (Phi) is 4.75. The lowest BCUT2D eigenvalue weighted by molar-refractivity contribution is -0.123. The Bertz CT molecular complexity index is 120. The predicted octanol–water partition coefficient (Wildman–Crippen LogP) is 1.07. The lowest BCUT2D eigenvalue weighted by Crippen LogP contribution is -2.18. The molecule has 0 spiro atoms. The Labute approximate surface area is 69.1 Å². The van der Waals surface area contributed by atoms with E-state index in [0.717, 1.165) is 4.43 Å². The first-order valence-corrected chi connectivity index (χ1v) is 4.15. The van der Waals surface area contributed by atoms with E-state index in [1.165, 1.54) is 0 Å². The van der Waals surface area contributed by atoms with Gasteiger partial charge in [0.05, 0.1) is 0 Å². The molecule has 0 bridgehead atoms. The highest BCUT2D eigenvalue weighted by atomic mass is 127. The molecule has 0 heterocycles. The normalized spacial score (nSPS) is 10.1. The fourth-order valence-electron chi connectivity index (χ4n) is 0.294. The van der Waals surface area contributed by atoms with Gasteiger partial charge in [-0.05, 0) is 6.08 Å². The van der Waals surface area contributed by atoms with Gasteiger partial charge in [-0.2, -0.15) is 0 Å². The number of halogens is 1. The van der Waals surface area contributed by atoms with E-state index in [1.54, 1.807) is 25.1 Å². The van der Waals surface area contributed by atoms with Crippen LogP contribution in [0.1, 0.15) is 0 Å². The average molecular weight is 239 g/mol. The maximum absolute atomic E-state index is 10.7. The highest BCUT2D eigenvalue weighted by Crippen LogP contribution is 1.85. The topological polar surface area (TPSA) is 20.3 Å². The highest BCUT2D eigenvalue weighted by Gasteiger charge is 1.93. The van der Waals surface area contributed by atoms with Crippen LogP contribution in [0.25, 0.3) is 0 Å². The molecule has 2 nitrogen and oxygen atoms in total. The largest absolute Gasteiger partial charge is 0.345 e. The highest BCUT2D eigenvalue weighted by molar-refractivity contribution is 14.1. The lowest BCUT2D eigenvalue weighted by atomic mass is 10.5. The van der Waals surface area contributed by atoms with Crippen molar-refractivity contribution in [2.24, 2.45) is 0 Å². The molecular formula is C6H10INO. The fraction of sp³-hybridized carbons (Fsp3) is 0.500. The van der Waals surface area contributed by atoms with Crippen LogP contribution >= 0.6 is 22.6 Å². The number of amides is 1. The lowest BCUT2D eigenvalue weighted by Gasteiger charge is -2.04. The van der Waals surface area contributed by atoms with E-state index in [1.807, 2.05) is 6.08 Å². The van der Waals surface area contributed by atoms with Gasteiger partial charge in [0.1, 0.15) is 0 Å². The molecular weight excluding hydrogens is 229 g/mol. The van der Waals surface area contributed by atoms with Gasteiger partial charge in [0, 0.05) is 18.5 Å². The molecule has 0 aromatic heterocycles. The Balaban J connectivity index is 3.63. The second-order valence-electron chi connectivity index (χ2n) is 1.79. The molecule has 0 aliphatic carbocycles. The summed E-state index contributed by atoms with van der Waals surface area (Å²) in [4.78, 5) is 12.3. The second-order valence-corrected chi connectivity index (χ2v) is 2.67. The van der Waals surface area contributed by atoms with Crippen LogP contribution in [-0.2, 0) is 4.79 Å². The van der Waals surface area contributed by atoms with Gasteiger partial charge < -0.3 is 4.90 Å². The summed E-state index contributed by atoms with van der Waals surface area (Å²) in [6.45, 7) is 0. The summed E-state index contributed by atoms with van der Waals surface area (Å²) in [5.74, 6) is 0.0478. The van der Waals surface area contributed by atoms with Crippen molar-refractivity contribution in [3.63, 3.8) is 0 Å². The minimum Gasteiger partial charge on any atom is -0.345 e. The molecule has 0 atom stereocenters. The van der Waals surface area contributed by atoms with Crippen LogP contribution in [0, 0.1) is 0 Å². The van der Waals surface area contributed by atoms with Gasteiger partial charge in [0.25, 0.3) is 0 Å². The van der Waals surface area contributed by atoms with Crippen molar-refractivity contribution >= 4 is 28.5 Å². The SMILES string of the molecule is CN(C)C(=O)/C=C/CI. The van der Waals surface area contributed by atoms with Gasteiger partial charge in [0.15, 0.2) is 0 Å². The minimum atomic E-state index is 0.0478. The molecule has 9 heavy (non-hydrogen) atoms. The zero-order chi connectivity index (χ0) is 7.28. The van der Waals surface area contributed by atoms with Crippen molar-refractivity contribution < 1.29 is 4.79 Å². The van der Waals surface area contributed by atoms with Crippen LogP contribution in [0.15, 0.2) is 12.2 Å². The van der Waals surface area contributed by atoms with E-state index in [0.29, 0.717) is 0 Å². The van der Waals surface area contributed by atoms with Gasteiger partial charge in [-0.15, -0.1) is 0 Å². The van der Waals surface area contributed by atoms with Crippen molar-refractivity contribution in [3.8, 4) is 0 Å². The molecule has 52 valence electrons. The quantitative estimate of drug-likeness (QED) is 0.401.